The third-order valence-corrected chi connectivity index (χ3v) is 2.90. The largest absolute Gasteiger partial charge is 0.345 e. The standard InChI is InChI=1S/C8H9N3O2S/c1-5-2-3-6-7(14(9,12)13)4-10-8(6)11-5/h2-4H,1H3,(H,10,11)(H2,9,12,13). The van der Waals surface area contributed by atoms with E-state index in [1.807, 2.05) is 6.92 Å². The molecule has 3 N–H and O–H groups in total. The first kappa shape index (κ1) is 9.17. The van der Waals surface area contributed by atoms with E-state index in [2.05, 4.69) is 9.97 Å². The van der Waals surface area contributed by atoms with Crippen LogP contribution in [0.15, 0.2) is 23.2 Å². The summed E-state index contributed by atoms with van der Waals surface area (Å²) in [7, 11) is -3.67. The summed E-state index contributed by atoms with van der Waals surface area (Å²) < 4.78 is 22.2. The van der Waals surface area contributed by atoms with Crippen molar-refractivity contribution in [2.75, 3.05) is 0 Å². The van der Waals surface area contributed by atoms with Gasteiger partial charge in [0, 0.05) is 17.3 Å². The number of primary sulfonamides is 1. The third kappa shape index (κ3) is 1.38. The SMILES string of the molecule is Cc1ccc2c(S(N)(=O)=O)c[nH]c2n1. The fourth-order valence-corrected chi connectivity index (χ4v) is 2.01. The van der Waals surface area contributed by atoms with E-state index < -0.39 is 10.0 Å². The van der Waals surface area contributed by atoms with E-state index in [1.54, 1.807) is 12.1 Å². The van der Waals surface area contributed by atoms with Gasteiger partial charge in [-0.3, -0.25) is 0 Å². The number of nitrogens with zero attached hydrogens (tertiary/aromatic N) is 1. The number of fused-ring (bicyclic) bond motifs is 1. The molecule has 0 bridgehead atoms. The predicted molar refractivity (Wildman–Crippen MR) is 52.2 cm³/mol. The Kier molecular flexibility index (Phi) is 1.83. The molecule has 14 heavy (non-hydrogen) atoms. The molecule has 0 atom stereocenters. The van der Waals surface area contributed by atoms with E-state index in [0.717, 1.165) is 5.69 Å². The van der Waals surface area contributed by atoms with Gasteiger partial charge in [-0.2, -0.15) is 0 Å². The van der Waals surface area contributed by atoms with Gasteiger partial charge in [-0.05, 0) is 19.1 Å². The van der Waals surface area contributed by atoms with Crippen LogP contribution in [0.25, 0.3) is 11.0 Å². The topological polar surface area (TPSA) is 88.8 Å². The number of nitrogens with one attached hydrogen (secondary N) is 1. The van der Waals surface area contributed by atoms with Crippen molar-refractivity contribution < 1.29 is 8.42 Å². The number of hydrogen-bond acceptors (Lipinski definition) is 3. The summed E-state index contributed by atoms with van der Waals surface area (Å²) in [6.07, 6.45) is 1.35. The molecule has 2 aromatic heterocycles. The smallest absolute Gasteiger partial charge is 0.240 e. The van der Waals surface area contributed by atoms with E-state index in [-0.39, 0.29) is 4.90 Å². The Bertz CT molecular complexity index is 586. The molecule has 0 fully saturated rings. The molecule has 0 saturated carbocycles. The van der Waals surface area contributed by atoms with Crippen molar-refractivity contribution in [3.05, 3.63) is 24.0 Å². The van der Waals surface area contributed by atoms with Crippen LogP contribution in [-0.4, -0.2) is 18.4 Å². The fourth-order valence-electron chi connectivity index (χ4n) is 1.31. The van der Waals surface area contributed by atoms with Crippen LogP contribution in [0.1, 0.15) is 5.69 Å². The molecule has 0 saturated heterocycles. The molecule has 0 aliphatic carbocycles. The lowest BCUT2D eigenvalue weighted by molar-refractivity contribution is 0.598. The molecule has 0 aliphatic heterocycles. The number of pyridine rings is 1. The van der Waals surface area contributed by atoms with Gasteiger partial charge in [-0.1, -0.05) is 0 Å². The van der Waals surface area contributed by atoms with Crippen LogP contribution in [0.5, 0.6) is 0 Å². The Morgan fingerprint density at radius 2 is 2.14 bits per heavy atom. The van der Waals surface area contributed by atoms with E-state index in [9.17, 15) is 8.42 Å². The second-order valence-electron chi connectivity index (χ2n) is 3.05. The van der Waals surface area contributed by atoms with Crippen LogP contribution in [-0.2, 0) is 10.0 Å². The van der Waals surface area contributed by atoms with Crippen molar-refractivity contribution in [1.82, 2.24) is 9.97 Å². The Balaban J connectivity index is 2.83. The zero-order valence-electron chi connectivity index (χ0n) is 7.48. The molecule has 6 heteroatoms. The van der Waals surface area contributed by atoms with Gasteiger partial charge in [0.2, 0.25) is 10.0 Å². The second-order valence-corrected chi connectivity index (χ2v) is 4.58. The van der Waals surface area contributed by atoms with Crippen LogP contribution in [0.4, 0.5) is 0 Å². The summed E-state index contributed by atoms with van der Waals surface area (Å²) in [6.45, 7) is 1.83. The number of aryl methyl sites for hydroxylation is 1. The zero-order chi connectivity index (χ0) is 10.3. The van der Waals surface area contributed by atoms with E-state index in [0.29, 0.717) is 11.0 Å². The maximum Gasteiger partial charge on any atom is 0.240 e. The summed E-state index contributed by atoms with van der Waals surface area (Å²) in [4.78, 5) is 6.98. The van der Waals surface area contributed by atoms with Crippen molar-refractivity contribution in [3.8, 4) is 0 Å². The molecule has 2 rings (SSSR count). The fraction of sp³-hybridized carbons (Fsp3) is 0.125. The number of aromatic nitrogens is 2. The third-order valence-electron chi connectivity index (χ3n) is 1.95. The van der Waals surface area contributed by atoms with Gasteiger partial charge in [-0.25, -0.2) is 18.5 Å². The van der Waals surface area contributed by atoms with Crippen molar-refractivity contribution >= 4 is 21.1 Å². The van der Waals surface area contributed by atoms with Gasteiger partial charge < -0.3 is 4.98 Å². The van der Waals surface area contributed by atoms with E-state index >= 15 is 0 Å². The molecule has 5 nitrogen and oxygen atoms in total. The van der Waals surface area contributed by atoms with Gasteiger partial charge in [-0.15, -0.1) is 0 Å². The van der Waals surface area contributed by atoms with Gasteiger partial charge in [0.25, 0.3) is 0 Å². The van der Waals surface area contributed by atoms with Crippen molar-refractivity contribution in [1.29, 1.82) is 0 Å². The molecular formula is C8H9N3O2S. The Morgan fingerprint density at radius 1 is 1.43 bits per heavy atom. The number of H-pyrrole nitrogens is 1. The predicted octanol–water partition coefficient (Wildman–Crippen LogP) is 0.519. The highest BCUT2D eigenvalue weighted by Gasteiger charge is 2.14. The van der Waals surface area contributed by atoms with Gasteiger partial charge in [0.05, 0.1) is 0 Å². The molecule has 0 amide bonds. The minimum Gasteiger partial charge on any atom is -0.345 e. The summed E-state index contributed by atoms with van der Waals surface area (Å²) in [5.41, 5.74) is 1.36. The number of aromatic amines is 1. The minimum atomic E-state index is -3.67. The van der Waals surface area contributed by atoms with E-state index in [4.69, 9.17) is 5.14 Å². The lowest BCUT2D eigenvalue weighted by atomic mass is 10.3. The van der Waals surface area contributed by atoms with Crippen molar-refractivity contribution in [2.45, 2.75) is 11.8 Å². The van der Waals surface area contributed by atoms with Gasteiger partial charge in [0.15, 0.2) is 0 Å². The van der Waals surface area contributed by atoms with Gasteiger partial charge in [0.1, 0.15) is 10.5 Å². The highest BCUT2D eigenvalue weighted by molar-refractivity contribution is 7.89. The average molecular weight is 211 g/mol. The minimum absolute atomic E-state index is 0.0833. The van der Waals surface area contributed by atoms with Crippen LogP contribution in [0, 0.1) is 6.92 Å². The van der Waals surface area contributed by atoms with Crippen molar-refractivity contribution in [2.24, 2.45) is 5.14 Å². The molecule has 0 aromatic carbocycles. The van der Waals surface area contributed by atoms with Crippen LogP contribution in [0.3, 0.4) is 0 Å². The highest BCUT2D eigenvalue weighted by Crippen LogP contribution is 2.19. The van der Waals surface area contributed by atoms with Crippen LogP contribution < -0.4 is 5.14 Å². The van der Waals surface area contributed by atoms with Crippen LogP contribution in [0.2, 0.25) is 0 Å². The zero-order valence-corrected chi connectivity index (χ0v) is 8.30. The molecule has 0 radical (unpaired) electrons. The molecule has 0 aliphatic rings. The number of hydrogen-bond donors (Lipinski definition) is 2. The first-order valence-corrected chi connectivity index (χ1v) is 5.50. The maximum atomic E-state index is 11.1. The molecule has 2 aromatic rings. The lowest BCUT2D eigenvalue weighted by Gasteiger charge is -1.95. The molecular weight excluding hydrogens is 202 g/mol. The Labute approximate surface area is 81.0 Å². The summed E-state index contributed by atoms with van der Waals surface area (Å²) in [5, 5.41) is 5.56. The first-order chi connectivity index (χ1) is 6.48. The van der Waals surface area contributed by atoms with Gasteiger partial charge >= 0.3 is 0 Å². The molecule has 0 spiro atoms. The lowest BCUT2D eigenvalue weighted by Crippen LogP contribution is -2.11. The molecule has 2 heterocycles. The second kappa shape index (κ2) is 2.79. The summed E-state index contributed by atoms with van der Waals surface area (Å²) in [5.74, 6) is 0. The molecule has 74 valence electrons. The quantitative estimate of drug-likeness (QED) is 0.720. The monoisotopic (exact) mass is 211 g/mol. The maximum absolute atomic E-state index is 11.1. The summed E-state index contributed by atoms with van der Waals surface area (Å²) in [6, 6.07) is 3.43. The average Bonchev–Trinajstić information content (AvgIpc) is 2.45. The molecule has 0 unspecified atom stereocenters. The van der Waals surface area contributed by atoms with Crippen LogP contribution >= 0.6 is 0 Å². The number of rotatable bonds is 1. The Morgan fingerprint density at radius 3 is 2.79 bits per heavy atom. The summed E-state index contributed by atoms with van der Waals surface area (Å²) >= 11 is 0. The highest BCUT2D eigenvalue weighted by atomic mass is 32.2. The normalized spacial score (nSPS) is 12.1. The van der Waals surface area contributed by atoms with Crippen molar-refractivity contribution in [3.63, 3.8) is 0 Å². The number of sulfonamides is 1. The Hall–Kier alpha value is -1.40. The first-order valence-electron chi connectivity index (χ1n) is 3.96. The number of nitrogens with two attached hydrogens (primary N) is 1. The van der Waals surface area contributed by atoms with E-state index in [1.165, 1.54) is 6.20 Å².